The van der Waals surface area contributed by atoms with Crippen LogP contribution in [0.1, 0.15) is 24.8 Å². The number of nitro benzene ring substituents is 1. The van der Waals surface area contributed by atoms with Gasteiger partial charge in [-0.05, 0) is 30.9 Å². The molecule has 4 rings (SSSR count). The molecule has 2 heterocycles. The first-order valence-electron chi connectivity index (χ1n) is 10.2. The number of sulfone groups is 1. The van der Waals surface area contributed by atoms with E-state index in [4.69, 9.17) is 0 Å². The molecule has 1 aliphatic rings. The van der Waals surface area contributed by atoms with E-state index in [2.05, 4.69) is 0 Å². The molecule has 162 valence electrons. The summed E-state index contributed by atoms with van der Waals surface area (Å²) in [5, 5.41) is 11.6. The average Bonchev–Trinajstić information content (AvgIpc) is 3.14. The van der Waals surface area contributed by atoms with Gasteiger partial charge in [0, 0.05) is 42.3 Å². The van der Waals surface area contributed by atoms with Gasteiger partial charge in [0.2, 0.25) is 5.91 Å². The first-order chi connectivity index (χ1) is 14.8. The summed E-state index contributed by atoms with van der Waals surface area (Å²) in [5.74, 6) is -0.383. The molecule has 0 aliphatic carbocycles. The highest BCUT2D eigenvalue weighted by atomic mass is 32.2. The van der Waals surface area contributed by atoms with Crippen LogP contribution >= 0.6 is 0 Å². The number of nitrogens with zero attached hydrogens (tertiary/aromatic N) is 3. The lowest BCUT2D eigenvalue weighted by atomic mass is 10.1. The zero-order chi connectivity index (χ0) is 22.0. The van der Waals surface area contributed by atoms with Crippen LogP contribution in [-0.4, -0.2) is 41.8 Å². The number of carbonyl (C=O) groups excluding carboxylic acids is 1. The molecule has 0 unspecified atom stereocenters. The molecule has 0 atom stereocenters. The van der Waals surface area contributed by atoms with E-state index in [1.807, 2.05) is 4.90 Å². The Labute approximate surface area is 180 Å². The van der Waals surface area contributed by atoms with Gasteiger partial charge in [0.15, 0.2) is 9.84 Å². The Morgan fingerprint density at radius 2 is 1.77 bits per heavy atom. The minimum atomic E-state index is -3.79. The molecule has 0 spiro atoms. The van der Waals surface area contributed by atoms with Crippen LogP contribution in [0.5, 0.6) is 0 Å². The molecule has 31 heavy (non-hydrogen) atoms. The number of amides is 1. The van der Waals surface area contributed by atoms with Crippen LogP contribution in [-0.2, 0) is 26.9 Å². The van der Waals surface area contributed by atoms with E-state index in [0.717, 1.165) is 32.4 Å². The first kappa shape index (κ1) is 21.0. The van der Waals surface area contributed by atoms with Gasteiger partial charge >= 0.3 is 0 Å². The highest BCUT2D eigenvalue weighted by Crippen LogP contribution is 2.29. The molecule has 3 aromatic rings. The summed E-state index contributed by atoms with van der Waals surface area (Å²) in [6, 6.07) is 12.7. The van der Waals surface area contributed by atoms with Gasteiger partial charge in [0.25, 0.3) is 5.69 Å². The van der Waals surface area contributed by atoms with Crippen molar-refractivity contribution in [1.29, 1.82) is 0 Å². The number of rotatable bonds is 6. The lowest BCUT2D eigenvalue weighted by Gasteiger charge is -2.27. The number of benzene rings is 2. The molecule has 1 amide bonds. The molecular formula is C22H23N3O5S. The molecule has 0 radical (unpaired) electrons. The van der Waals surface area contributed by atoms with Gasteiger partial charge < -0.3 is 9.47 Å². The molecular weight excluding hydrogens is 418 g/mol. The quantitative estimate of drug-likeness (QED) is 0.430. The molecule has 0 bridgehead atoms. The van der Waals surface area contributed by atoms with Gasteiger partial charge in [-0.3, -0.25) is 14.9 Å². The van der Waals surface area contributed by atoms with E-state index in [9.17, 15) is 23.3 Å². The van der Waals surface area contributed by atoms with E-state index < -0.39 is 14.8 Å². The molecule has 2 aromatic carbocycles. The lowest BCUT2D eigenvalue weighted by molar-refractivity contribution is -0.384. The Bertz CT molecular complexity index is 1240. The molecule has 1 fully saturated rings. The maximum Gasteiger partial charge on any atom is 0.269 e. The summed E-state index contributed by atoms with van der Waals surface area (Å²) in [5.41, 5.74) is 0.864. The monoisotopic (exact) mass is 441 g/mol. The van der Waals surface area contributed by atoms with Crippen molar-refractivity contribution >= 4 is 32.3 Å². The van der Waals surface area contributed by atoms with Gasteiger partial charge in [-0.25, -0.2) is 8.42 Å². The van der Waals surface area contributed by atoms with Crippen LogP contribution in [0.2, 0.25) is 0 Å². The number of para-hydroxylation sites is 1. The number of nitro groups is 1. The standard InChI is InChI=1S/C22H23N3O5S/c26-22(23-11-4-1-5-12-23)15-24-14-21(19-9-2-3-10-20(19)24)31(29,30)16-17-7-6-8-18(13-17)25(27)28/h2-3,6-10,13-14H,1,4-5,11-12,15-16H2. The third-order valence-corrected chi connectivity index (χ3v) is 7.29. The largest absolute Gasteiger partial charge is 0.341 e. The van der Waals surface area contributed by atoms with Crippen LogP contribution in [0.3, 0.4) is 0 Å². The van der Waals surface area contributed by atoms with Gasteiger partial charge in [-0.15, -0.1) is 0 Å². The predicted molar refractivity (Wildman–Crippen MR) is 116 cm³/mol. The molecule has 1 aliphatic heterocycles. The second kappa shape index (κ2) is 8.50. The summed E-state index contributed by atoms with van der Waals surface area (Å²) in [6.07, 6.45) is 4.61. The number of hydrogen-bond donors (Lipinski definition) is 0. The van der Waals surface area contributed by atoms with E-state index in [1.54, 1.807) is 34.9 Å². The van der Waals surface area contributed by atoms with E-state index in [0.29, 0.717) is 16.5 Å². The summed E-state index contributed by atoms with van der Waals surface area (Å²) < 4.78 is 28.1. The highest BCUT2D eigenvalue weighted by molar-refractivity contribution is 7.90. The van der Waals surface area contributed by atoms with Crippen LogP contribution in [0.25, 0.3) is 10.9 Å². The third-order valence-electron chi connectivity index (χ3n) is 5.58. The Kier molecular flexibility index (Phi) is 5.77. The average molecular weight is 442 g/mol. The molecule has 8 nitrogen and oxygen atoms in total. The third kappa shape index (κ3) is 4.46. The minimum absolute atomic E-state index is 0.0249. The summed E-state index contributed by atoms with van der Waals surface area (Å²) >= 11 is 0. The van der Waals surface area contributed by atoms with Crippen molar-refractivity contribution in [3.05, 3.63) is 70.4 Å². The fraction of sp³-hybridized carbons (Fsp3) is 0.318. The van der Waals surface area contributed by atoms with Crippen LogP contribution in [0.4, 0.5) is 5.69 Å². The Hall–Kier alpha value is -3.20. The van der Waals surface area contributed by atoms with E-state index in [1.165, 1.54) is 24.4 Å². The van der Waals surface area contributed by atoms with Crippen molar-refractivity contribution in [2.45, 2.75) is 36.5 Å². The number of hydrogen-bond acceptors (Lipinski definition) is 5. The summed E-state index contributed by atoms with van der Waals surface area (Å²) in [4.78, 5) is 25.2. The second-order valence-corrected chi connectivity index (χ2v) is 9.72. The maximum absolute atomic E-state index is 13.2. The van der Waals surface area contributed by atoms with Crippen molar-refractivity contribution in [3.8, 4) is 0 Å². The zero-order valence-electron chi connectivity index (χ0n) is 16.9. The van der Waals surface area contributed by atoms with Gasteiger partial charge in [0.05, 0.1) is 15.6 Å². The molecule has 1 aromatic heterocycles. The smallest absolute Gasteiger partial charge is 0.269 e. The molecule has 0 saturated carbocycles. The Balaban J connectivity index is 1.66. The zero-order valence-corrected chi connectivity index (χ0v) is 17.8. The van der Waals surface area contributed by atoms with Crippen molar-refractivity contribution in [2.24, 2.45) is 0 Å². The minimum Gasteiger partial charge on any atom is -0.341 e. The number of carbonyl (C=O) groups is 1. The summed E-state index contributed by atoms with van der Waals surface area (Å²) in [7, 11) is -3.79. The van der Waals surface area contributed by atoms with Gasteiger partial charge in [0.1, 0.15) is 6.54 Å². The van der Waals surface area contributed by atoms with E-state index >= 15 is 0 Å². The Morgan fingerprint density at radius 1 is 1.03 bits per heavy atom. The highest BCUT2D eigenvalue weighted by Gasteiger charge is 2.24. The predicted octanol–water partition coefficient (Wildman–Crippen LogP) is 3.54. The van der Waals surface area contributed by atoms with Crippen molar-refractivity contribution in [1.82, 2.24) is 9.47 Å². The van der Waals surface area contributed by atoms with Gasteiger partial charge in [-0.2, -0.15) is 0 Å². The van der Waals surface area contributed by atoms with E-state index in [-0.39, 0.29) is 28.8 Å². The normalized spacial score (nSPS) is 14.6. The first-order valence-corrected chi connectivity index (χ1v) is 11.8. The lowest BCUT2D eigenvalue weighted by Crippen LogP contribution is -2.37. The number of non-ortho nitro benzene ring substituents is 1. The second-order valence-electron chi connectivity index (χ2n) is 7.77. The van der Waals surface area contributed by atoms with Crippen LogP contribution in [0.15, 0.2) is 59.6 Å². The molecule has 0 N–H and O–H groups in total. The number of piperidine rings is 1. The van der Waals surface area contributed by atoms with Crippen molar-refractivity contribution in [2.75, 3.05) is 13.1 Å². The number of fused-ring (bicyclic) bond motifs is 1. The molecule has 9 heteroatoms. The Morgan fingerprint density at radius 3 is 2.52 bits per heavy atom. The number of aromatic nitrogens is 1. The fourth-order valence-electron chi connectivity index (χ4n) is 4.04. The maximum atomic E-state index is 13.2. The summed E-state index contributed by atoms with van der Waals surface area (Å²) in [6.45, 7) is 1.54. The van der Waals surface area contributed by atoms with Gasteiger partial charge in [-0.1, -0.05) is 30.3 Å². The van der Waals surface area contributed by atoms with Crippen molar-refractivity contribution in [3.63, 3.8) is 0 Å². The fourth-order valence-corrected chi connectivity index (χ4v) is 5.61. The van der Waals surface area contributed by atoms with Crippen LogP contribution in [0, 0.1) is 10.1 Å². The molecule has 1 saturated heterocycles. The SMILES string of the molecule is O=C(Cn1cc(S(=O)(=O)Cc2cccc([N+](=O)[O-])c2)c2ccccc21)N1CCCCC1. The topological polar surface area (TPSA) is 103 Å². The van der Waals surface area contributed by atoms with Crippen LogP contribution < -0.4 is 0 Å². The van der Waals surface area contributed by atoms with Crippen molar-refractivity contribution < 1.29 is 18.1 Å². The number of likely N-dealkylation sites (tertiary alicyclic amines) is 1.